The van der Waals surface area contributed by atoms with Crippen molar-refractivity contribution in [3.05, 3.63) is 65.0 Å². The maximum absolute atomic E-state index is 14.0. The van der Waals surface area contributed by atoms with Gasteiger partial charge >= 0.3 is 6.03 Å². The molecule has 1 aliphatic heterocycles. The summed E-state index contributed by atoms with van der Waals surface area (Å²) in [5.74, 6) is -2.89. The molecule has 2 aromatic carbocycles. The molecule has 0 saturated carbocycles. The van der Waals surface area contributed by atoms with E-state index in [0.717, 1.165) is 11.0 Å². The van der Waals surface area contributed by atoms with Gasteiger partial charge in [-0.25, -0.2) is 9.18 Å². The van der Waals surface area contributed by atoms with Gasteiger partial charge in [0.05, 0.1) is 0 Å². The molecule has 4 N–H and O–H groups in total. The third kappa shape index (κ3) is 3.66. The number of halogens is 1. The van der Waals surface area contributed by atoms with Crippen molar-refractivity contribution in [3.8, 4) is 0 Å². The van der Waals surface area contributed by atoms with Crippen molar-refractivity contribution in [2.75, 3.05) is 11.9 Å². The minimum Gasteiger partial charge on any atom is -0.366 e. The smallest absolute Gasteiger partial charge is 0.325 e. The lowest BCUT2D eigenvalue weighted by molar-refractivity contribution is -0.133. The Morgan fingerprint density at radius 3 is 2.48 bits per heavy atom. The molecular formula is C20H19FN4O4. The van der Waals surface area contributed by atoms with Crippen molar-refractivity contribution in [2.45, 2.75) is 19.4 Å². The van der Waals surface area contributed by atoms with E-state index in [-0.39, 0.29) is 16.8 Å². The number of benzene rings is 2. The largest absolute Gasteiger partial charge is 0.366 e. The number of hydrogen-bond acceptors (Lipinski definition) is 4. The molecule has 29 heavy (non-hydrogen) atoms. The molecule has 1 saturated heterocycles. The number of nitrogens with zero attached hydrogens (tertiary/aromatic N) is 1. The summed E-state index contributed by atoms with van der Waals surface area (Å²) in [6.45, 7) is 2.39. The predicted octanol–water partition coefficient (Wildman–Crippen LogP) is 1.64. The summed E-state index contributed by atoms with van der Waals surface area (Å²) in [6.07, 6.45) is 0. The van der Waals surface area contributed by atoms with Gasteiger partial charge in [-0.15, -0.1) is 0 Å². The molecule has 0 aromatic heterocycles. The number of carbonyl (C=O) groups is 4. The number of primary amides is 1. The van der Waals surface area contributed by atoms with Crippen LogP contribution < -0.4 is 16.4 Å². The summed E-state index contributed by atoms with van der Waals surface area (Å²) in [6, 6.07) is 10.1. The molecule has 1 fully saturated rings. The highest BCUT2D eigenvalue weighted by molar-refractivity contribution is 6.10. The van der Waals surface area contributed by atoms with Gasteiger partial charge in [0, 0.05) is 16.8 Å². The van der Waals surface area contributed by atoms with Crippen LogP contribution in [-0.2, 0) is 15.1 Å². The average Bonchev–Trinajstić information content (AvgIpc) is 2.90. The minimum atomic E-state index is -1.30. The maximum Gasteiger partial charge on any atom is 0.325 e. The van der Waals surface area contributed by atoms with Crippen LogP contribution in [0, 0.1) is 12.7 Å². The molecule has 1 atom stereocenters. The fourth-order valence-electron chi connectivity index (χ4n) is 3.09. The van der Waals surface area contributed by atoms with Crippen LogP contribution in [0.4, 0.5) is 14.9 Å². The summed E-state index contributed by atoms with van der Waals surface area (Å²) in [7, 11) is 0. The molecule has 3 rings (SSSR count). The van der Waals surface area contributed by atoms with Gasteiger partial charge in [-0.1, -0.05) is 30.3 Å². The first-order chi connectivity index (χ1) is 13.6. The lowest BCUT2D eigenvalue weighted by Gasteiger charge is -2.22. The van der Waals surface area contributed by atoms with Crippen LogP contribution in [0.3, 0.4) is 0 Å². The fraction of sp³-hybridized carbons (Fsp3) is 0.200. The van der Waals surface area contributed by atoms with Crippen molar-refractivity contribution < 1.29 is 23.6 Å². The Kier molecular flexibility index (Phi) is 5.06. The second-order valence-corrected chi connectivity index (χ2v) is 6.86. The molecule has 0 spiro atoms. The number of carbonyl (C=O) groups excluding carboxylic acids is 4. The van der Waals surface area contributed by atoms with E-state index in [1.54, 1.807) is 37.3 Å². The molecule has 2 aromatic rings. The number of nitrogens with one attached hydrogen (secondary N) is 2. The van der Waals surface area contributed by atoms with E-state index >= 15 is 0 Å². The number of anilines is 1. The Hall–Kier alpha value is -3.75. The Balaban J connectivity index is 1.79. The number of urea groups is 1. The highest BCUT2D eigenvalue weighted by Crippen LogP contribution is 2.28. The first-order valence-electron chi connectivity index (χ1n) is 8.73. The Bertz CT molecular complexity index is 1020. The summed E-state index contributed by atoms with van der Waals surface area (Å²) in [5, 5.41) is 5.02. The zero-order valence-electron chi connectivity index (χ0n) is 15.8. The summed E-state index contributed by atoms with van der Waals surface area (Å²) >= 11 is 0. The predicted molar refractivity (Wildman–Crippen MR) is 102 cm³/mol. The third-order valence-corrected chi connectivity index (χ3v) is 4.83. The van der Waals surface area contributed by atoms with Crippen molar-refractivity contribution in [1.29, 1.82) is 0 Å². The van der Waals surface area contributed by atoms with E-state index < -0.39 is 41.7 Å². The highest BCUT2D eigenvalue weighted by atomic mass is 19.1. The SMILES string of the molecule is Cc1c(F)cc(C(N)=O)cc1NC(=O)CN1C(=O)NC(C)(c2ccccc2)C1=O. The van der Waals surface area contributed by atoms with E-state index in [9.17, 15) is 23.6 Å². The van der Waals surface area contributed by atoms with Gasteiger partial charge in [0.15, 0.2) is 0 Å². The van der Waals surface area contributed by atoms with E-state index in [2.05, 4.69) is 10.6 Å². The first-order valence-corrected chi connectivity index (χ1v) is 8.73. The maximum atomic E-state index is 14.0. The van der Waals surface area contributed by atoms with Crippen molar-refractivity contribution in [1.82, 2.24) is 10.2 Å². The van der Waals surface area contributed by atoms with E-state index in [0.29, 0.717) is 5.56 Å². The fourth-order valence-corrected chi connectivity index (χ4v) is 3.09. The van der Waals surface area contributed by atoms with Gasteiger partial charge in [-0.2, -0.15) is 0 Å². The normalized spacial score (nSPS) is 18.5. The molecule has 150 valence electrons. The standard InChI is InChI=1S/C20H19FN4O4/c1-11-14(21)8-12(17(22)27)9-15(11)23-16(26)10-25-18(28)20(2,24-19(25)29)13-6-4-3-5-7-13/h3-9H,10H2,1-2H3,(H2,22,27)(H,23,26)(H,24,29). The summed E-state index contributed by atoms with van der Waals surface area (Å²) in [4.78, 5) is 49.7. The monoisotopic (exact) mass is 398 g/mol. The molecule has 0 bridgehead atoms. The molecule has 8 nitrogen and oxygen atoms in total. The van der Waals surface area contributed by atoms with Crippen molar-refractivity contribution >= 4 is 29.4 Å². The molecule has 0 aliphatic carbocycles. The van der Waals surface area contributed by atoms with Crippen LogP contribution in [0.25, 0.3) is 0 Å². The van der Waals surface area contributed by atoms with E-state index in [1.807, 2.05) is 0 Å². The number of hydrogen-bond donors (Lipinski definition) is 3. The molecule has 5 amide bonds. The average molecular weight is 398 g/mol. The second-order valence-electron chi connectivity index (χ2n) is 6.86. The highest BCUT2D eigenvalue weighted by Gasteiger charge is 2.49. The number of rotatable bonds is 5. The van der Waals surface area contributed by atoms with Gasteiger partial charge < -0.3 is 16.4 Å². The van der Waals surface area contributed by atoms with Gasteiger partial charge in [-0.3, -0.25) is 19.3 Å². The van der Waals surface area contributed by atoms with E-state index in [1.165, 1.54) is 13.0 Å². The van der Waals surface area contributed by atoms with Gasteiger partial charge in [-0.05, 0) is 31.5 Å². The van der Waals surface area contributed by atoms with Gasteiger partial charge in [0.25, 0.3) is 5.91 Å². The molecule has 9 heteroatoms. The molecular weight excluding hydrogens is 379 g/mol. The molecule has 0 radical (unpaired) electrons. The summed E-state index contributed by atoms with van der Waals surface area (Å²) in [5.41, 5.74) is 4.45. The van der Waals surface area contributed by atoms with Crippen LogP contribution in [0.2, 0.25) is 0 Å². The second kappa shape index (κ2) is 7.34. The number of nitrogens with two attached hydrogens (primary N) is 1. The molecule has 1 unspecified atom stereocenters. The zero-order valence-corrected chi connectivity index (χ0v) is 15.8. The van der Waals surface area contributed by atoms with Gasteiger partial charge in [0.1, 0.15) is 17.9 Å². The molecule has 1 heterocycles. The Morgan fingerprint density at radius 2 is 1.86 bits per heavy atom. The quantitative estimate of drug-likeness (QED) is 0.663. The van der Waals surface area contributed by atoms with Gasteiger partial charge in [0.2, 0.25) is 11.8 Å². The van der Waals surface area contributed by atoms with Crippen LogP contribution in [0.1, 0.15) is 28.4 Å². The minimum absolute atomic E-state index is 0.0293. The third-order valence-electron chi connectivity index (χ3n) is 4.83. The number of imide groups is 1. The van der Waals surface area contributed by atoms with Crippen LogP contribution in [0.15, 0.2) is 42.5 Å². The zero-order chi connectivity index (χ0) is 21.3. The first kappa shape index (κ1) is 20.0. The Morgan fingerprint density at radius 1 is 1.21 bits per heavy atom. The Labute approximate surface area is 165 Å². The van der Waals surface area contributed by atoms with Crippen LogP contribution >= 0.6 is 0 Å². The van der Waals surface area contributed by atoms with Crippen LogP contribution in [0.5, 0.6) is 0 Å². The van der Waals surface area contributed by atoms with E-state index in [4.69, 9.17) is 5.73 Å². The number of amides is 5. The summed E-state index contributed by atoms with van der Waals surface area (Å²) < 4.78 is 14.0. The van der Waals surface area contributed by atoms with Crippen molar-refractivity contribution in [2.24, 2.45) is 5.73 Å². The lowest BCUT2D eigenvalue weighted by Crippen LogP contribution is -2.42. The van der Waals surface area contributed by atoms with Crippen molar-refractivity contribution in [3.63, 3.8) is 0 Å². The topological polar surface area (TPSA) is 122 Å². The van der Waals surface area contributed by atoms with Crippen LogP contribution in [-0.4, -0.2) is 35.2 Å². The molecule has 1 aliphatic rings. The lowest BCUT2D eigenvalue weighted by atomic mass is 9.92.